The molecular weight excluding hydrogens is 510 g/mol. The molecule has 1 saturated heterocycles. The Hall–Kier alpha value is -4.27. The third-order valence-corrected chi connectivity index (χ3v) is 9.35. The predicted octanol–water partition coefficient (Wildman–Crippen LogP) is 5.42. The monoisotopic (exact) mass is 537 g/mol. The van der Waals surface area contributed by atoms with Gasteiger partial charge in [-0.05, 0) is 66.4 Å². The number of hydrogen-bond acceptors (Lipinski definition) is 4. The van der Waals surface area contributed by atoms with Crippen molar-refractivity contribution < 1.29 is 18.0 Å². The minimum atomic E-state index is -3.68. The van der Waals surface area contributed by atoms with Gasteiger partial charge in [0.25, 0.3) is 11.8 Å². The van der Waals surface area contributed by atoms with Gasteiger partial charge in [0.15, 0.2) is 0 Å². The first kappa shape index (κ1) is 25.0. The van der Waals surface area contributed by atoms with Gasteiger partial charge in [-0.3, -0.25) is 9.59 Å². The Balaban J connectivity index is 1.25. The van der Waals surface area contributed by atoms with Crippen molar-refractivity contribution in [2.24, 2.45) is 0 Å². The lowest BCUT2D eigenvalue weighted by atomic mass is 9.99. The van der Waals surface area contributed by atoms with Gasteiger partial charge in [-0.2, -0.15) is 4.31 Å². The second-order valence-electron chi connectivity index (χ2n) is 9.74. The van der Waals surface area contributed by atoms with E-state index in [2.05, 4.69) is 5.32 Å². The fourth-order valence-corrected chi connectivity index (χ4v) is 7.31. The van der Waals surface area contributed by atoms with E-state index in [0.29, 0.717) is 42.0 Å². The topological polar surface area (TPSA) is 86.8 Å². The zero-order valence-electron chi connectivity index (χ0n) is 21.2. The molecule has 1 fully saturated rings. The first-order chi connectivity index (χ1) is 18.9. The molecule has 0 aromatic heterocycles. The summed E-state index contributed by atoms with van der Waals surface area (Å²) < 4.78 is 28.2. The number of benzene rings is 4. The van der Waals surface area contributed by atoms with Crippen LogP contribution < -0.4 is 10.2 Å². The Morgan fingerprint density at radius 3 is 2.28 bits per heavy atom. The van der Waals surface area contributed by atoms with Crippen molar-refractivity contribution in [2.45, 2.75) is 23.8 Å². The molecule has 0 spiro atoms. The van der Waals surface area contributed by atoms with E-state index in [-0.39, 0.29) is 22.8 Å². The minimum absolute atomic E-state index is 0.156. The molecule has 1 atom stereocenters. The molecule has 0 aliphatic carbocycles. The quantitative estimate of drug-likeness (QED) is 0.377. The van der Waals surface area contributed by atoms with Gasteiger partial charge < -0.3 is 10.2 Å². The standard InChI is InChI=1S/C31H27N3O4S/c35-30(27-13-5-4-12-26(27)22-9-2-1-3-10-22)32-24-18-16-23(17-19-24)31(36)33-21-25-11-8-20-34(25)39(37,38)29-15-7-6-14-28(29)33/h1-7,9-10,12-19,25H,8,11,20-21H2,(H,32,35)/t25-/m0/s1. The van der Waals surface area contributed by atoms with Gasteiger partial charge in [0.1, 0.15) is 4.90 Å². The zero-order valence-corrected chi connectivity index (χ0v) is 22.0. The van der Waals surface area contributed by atoms with Gasteiger partial charge in [0, 0.05) is 35.9 Å². The van der Waals surface area contributed by atoms with E-state index in [9.17, 15) is 18.0 Å². The zero-order chi connectivity index (χ0) is 27.0. The van der Waals surface area contributed by atoms with Gasteiger partial charge in [-0.1, -0.05) is 60.7 Å². The highest BCUT2D eigenvalue weighted by Crippen LogP contribution is 2.37. The molecule has 1 N–H and O–H groups in total. The first-order valence-electron chi connectivity index (χ1n) is 12.9. The van der Waals surface area contributed by atoms with Crippen molar-refractivity contribution in [3.05, 3.63) is 114 Å². The number of hydrogen-bond donors (Lipinski definition) is 1. The van der Waals surface area contributed by atoms with E-state index in [1.54, 1.807) is 59.5 Å². The number of fused-ring (bicyclic) bond motifs is 2. The van der Waals surface area contributed by atoms with E-state index < -0.39 is 10.0 Å². The summed E-state index contributed by atoms with van der Waals surface area (Å²) >= 11 is 0. The smallest absolute Gasteiger partial charge is 0.258 e. The summed E-state index contributed by atoms with van der Waals surface area (Å²) in [5, 5.41) is 2.93. The number of carbonyl (C=O) groups excluding carboxylic acids is 2. The van der Waals surface area contributed by atoms with Crippen LogP contribution in [-0.4, -0.2) is 43.7 Å². The summed E-state index contributed by atoms with van der Waals surface area (Å²) in [6.45, 7) is 0.759. The largest absolute Gasteiger partial charge is 0.322 e. The molecule has 2 heterocycles. The Morgan fingerprint density at radius 2 is 1.49 bits per heavy atom. The highest BCUT2D eigenvalue weighted by molar-refractivity contribution is 7.89. The van der Waals surface area contributed by atoms with Crippen LogP contribution in [0.3, 0.4) is 0 Å². The summed E-state index contributed by atoms with van der Waals surface area (Å²) in [5.74, 6) is -0.528. The van der Waals surface area contributed by atoms with Crippen molar-refractivity contribution in [2.75, 3.05) is 23.3 Å². The number of rotatable bonds is 4. The molecule has 0 bridgehead atoms. The second-order valence-corrected chi connectivity index (χ2v) is 11.6. The molecule has 196 valence electrons. The molecular formula is C31H27N3O4S. The summed E-state index contributed by atoms with van der Waals surface area (Å²) in [7, 11) is -3.68. The predicted molar refractivity (Wildman–Crippen MR) is 151 cm³/mol. The Labute approximate surface area is 227 Å². The van der Waals surface area contributed by atoms with E-state index in [4.69, 9.17) is 0 Å². The van der Waals surface area contributed by atoms with Gasteiger partial charge >= 0.3 is 0 Å². The van der Waals surface area contributed by atoms with Gasteiger partial charge in [0.05, 0.1) is 5.69 Å². The van der Waals surface area contributed by atoms with E-state index in [1.165, 1.54) is 4.31 Å². The van der Waals surface area contributed by atoms with E-state index in [0.717, 1.165) is 17.5 Å². The van der Waals surface area contributed by atoms with E-state index >= 15 is 0 Å². The molecule has 39 heavy (non-hydrogen) atoms. The van der Waals surface area contributed by atoms with Crippen molar-refractivity contribution in [3.63, 3.8) is 0 Å². The van der Waals surface area contributed by atoms with Gasteiger partial charge in [-0.25, -0.2) is 8.42 Å². The third-order valence-electron chi connectivity index (χ3n) is 7.35. The average molecular weight is 538 g/mol. The van der Waals surface area contributed by atoms with Crippen LogP contribution in [0.15, 0.2) is 108 Å². The van der Waals surface area contributed by atoms with Crippen molar-refractivity contribution >= 4 is 33.2 Å². The molecule has 0 unspecified atom stereocenters. The van der Waals surface area contributed by atoms with Crippen LogP contribution in [-0.2, 0) is 10.0 Å². The molecule has 8 heteroatoms. The minimum Gasteiger partial charge on any atom is -0.322 e. The molecule has 2 amide bonds. The van der Waals surface area contributed by atoms with Crippen LogP contribution in [0.4, 0.5) is 11.4 Å². The fraction of sp³-hybridized carbons (Fsp3) is 0.161. The highest BCUT2D eigenvalue weighted by Gasteiger charge is 2.42. The Kier molecular flexibility index (Phi) is 6.50. The summed E-state index contributed by atoms with van der Waals surface area (Å²) in [6, 6.07) is 30.3. The second kappa shape index (κ2) is 10.1. The molecule has 7 nitrogen and oxygen atoms in total. The lowest BCUT2D eigenvalue weighted by Gasteiger charge is -2.25. The van der Waals surface area contributed by atoms with Gasteiger partial charge in [0.2, 0.25) is 10.0 Å². The lowest BCUT2D eigenvalue weighted by Crippen LogP contribution is -2.42. The maximum atomic E-state index is 13.7. The number of carbonyl (C=O) groups is 2. The number of sulfonamides is 1. The van der Waals surface area contributed by atoms with Crippen LogP contribution >= 0.6 is 0 Å². The first-order valence-corrected chi connectivity index (χ1v) is 14.4. The van der Waals surface area contributed by atoms with Crippen LogP contribution in [0.25, 0.3) is 11.1 Å². The molecule has 2 aliphatic rings. The summed E-state index contributed by atoms with van der Waals surface area (Å²) in [4.78, 5) is 28.6. The van der Waals surface area contributed by atoms with Crippen LogP contribution in [0.5, 0.6) is 0 Å². The lowest BCUT2D eigenvalue weighted by molar-refractivity contribution is 0.0981. The maximum Gasteiger partial charge on any atom is 0.258 e. The van der Waals surface area contributed by atoms with Crippen LogP contribution in [0.2, 0.25) is 0 Å². The summed E-state index contributed by atoms with van der Waals surface area (Å²) in [6.07, 6.45) is 1.49. The molecule has 0 saturated carbocycles. The van der Waals surface area contributed by atoms with Crippen LogP contribution in [0.1, 0.15) is 33.6 Å². The van der Waals surface area contributed by atoms with Crippen molar-refractivity contribution in [1.29, 1.82) is 0 Å². The average Bonchev–Trinajstić information content (AvgIpc) is 3.43. The fourth-order valence-electron chi connectivity index (χ4n) is 5.44. The SMILES string of the molecule is O=C(Nc1ccc(C(=O)N2C[C@@H]3CCCN3S(=O)(=O)c3ccccc32)cc1)c1ccccc1-c1ccccc1. The van der Waals surface area contributed by atoms with Gasteiger partial charge in [-0.15, -0.1) is 0 Å². The summed E-state index contributed by atoms with van der Waals surface area (Å²) in [5.41, 5.74) is 3.69. The highest BCUT2D eigenvalue weighted by atomic mass is 32.2. The van der Waals surface area contributed by atoms with Crippen LogP contribution in [0, 0.1) is 0 Å². The molecule has 0 radical (unpaired) electrons. The number of nitrogens with zero attached hydrogens (tertiary/aromatic N) is 2. The number of anilines is 2. The number of nitrogens with one attached hydrogen (secondary N) is 1. The normalized spacial score (nSPS) is 18.1. The number of amides is 2. The molecule has 4 aromatic carbocycles. The molecule has 4 aromatic rings. The molecule has 6 rings (SSSR count). The van der Waals surface area contributed by atoms with Crippen molar-refractivity contribution in [3.8, 4) is 11.1 Å². The third kappa shape index (κ3) is 4.62. The van der Waals surface area contributed by atoms with Crippen molar-refractivity contribution in [1.82, 2.24) is 4.31 Å². The van der Waals surface area contributed by atoms with E-state index in [1.807, 2.05) is 48.5 Å². The number of para-hydroxylation sites is 1. The molecule has 2 aliphatic heterocycles. The Morgan fingerprint density at radius 1 is 0.795 bits per heavy atom. The maximum absolute atomic E-state index is 13.7. The Bertz CT molecular complexity index is 1650.